The number of hydrogen-bond donors (Lipinski definition) is 0. The molecule has 0 amide bonds. The average molecular weight is 341 g/mol. The summed E-state index contributed by atoms with van der Waals surface area (Å²) >= 11 is 5.53. The number of anilines is 1. The van der Waals surface area contributed by atoms with Crippen LogP contribution in [0.2, 0.25) is 0 Å². The Morgan fingerprint density at radius 1 is 1.04 bits per heavy atom. The molecule has 3 rings (SSSR count). The lowest BCUT2D eigenvalue weighted by molar-refractivity contribution is -0.385. The normalized spacial score (nSPS) is 14.5. The van der Waals surface area contributed by atoms with E-state index in [9.17, 15) is 10.1 Å². The molecule has 5 nitrogen and oxygen atoms in total. The highest BCUT2D eigenvalue weighted by atomic mass is 32.1. The van der Waals surface area contributed by atoms with Gasteiger partial charge in [-0.3, -0.25) is 10.1 Å². The fraction of sp³-hybridized carbons (Fsp3) is 0.278. The second-order valence-corrected chi connectivity index (χ2v) is 6.23. The molecule has 124 valence electrons. The number of rotatable bonds is 3. The van der Waals surface area contributed by atoms with Crippen molar-refractivity contribution in [2.45, 2.75) is 6.92 Å². The van der Waals surface area contributed by atoms with Crippen LogP contribution in [0.15, 0.2) is 48.5 Å². The summed E-state index contributed by atoms with van der Waals surface area (Å²) < 4.78 is 0. The van der Waals surface area contributed by atoms with Crippen molar-refractivity contribution in [2.75, 3.05) is 31.1 Å². The van der Waals surface area contributed by atoms with Crippen LogP contribution in [0.25, 0.3) is 0 Å². The van der Waals surface area contributed by atoms with Crippen LogP contribution in [-0.2, 0) is 0 Å². The van der Waals surface area contributed by atoms with Gasteiger partial charge >= 0.3 is 0 Å². The van der Waals surface area contributed by atoms with Gasteiger partial charge in [0.2, 0.25) is 0 Å². The molecule has 0 spiro atoms. The molecule has 24 heavy (non-hydrogen) atoms. The van der Waals surface area contributed by atoms with E-state index in [4.69, 9.17) is 12.2 Å². The first-order valence-electron chi connectivity index (χ1n) is 7.91. The van der Waals surface area contributed by atoms with Crippen molar-refractivity contribution in [3.8, 4) is 0 Å². The first-order chi connectivity index (χ1) is 11.6. The maximum absolute atomic E-state index is 11.2. The zero-order valence-electron chi connectivity index (χ0n) is 13.5. The molecule has 0 aliphatic carbocycles. The minimum Gasteiger partial charge on any atom is -0.368 e. The Labute approximate surface area is 146 Å². The highest BCUT2D eigenvalue weighted by molar-refractivity contribution is 7.80. The van der Waals surface area contributed by atoms with Crippen LogP contribution in [-0.4, -0.2) is 41.0 Å². The van der Waals surface area contributed by atoms with Crippen LogP contribution >= 0.6 is 12.2 Å². The summed E-state index contributed by atoms with van der Waals surface area (Å²) in [5, 5.41) is 11.2. The van der Waals surface area contributed by atoms with Crippen molar-refractivity contribution in [3.05, 3.63) is 69.8 Å². The van der Waals surface area contributed by atoms with Crippen LogP contribution in [0.1, 0.15) is 11.1 Å². The lowest BCUT2D eigenvalue weighted by atomic mass is 10.1. The number of benzene rings is 2. The smallest absolute Gasteiger partial charge is 0.279 e. The van der Waals surface area contributed by atoms with Crippen molar-refractivity contribution in [2.24, 2.45) is 0 Å². The second kappa shape index (κ2) is 6.97. The van der Waals surface area contributed by atoms with E-state index < -0.39 is 0 Å². The molecule has 0 N–H and O–H groups in total. The van der Waals surface area contributed by atoms with E-state index in [2.05, 4.69) is 28.9 Å². The number of nitrogens with zero attached hydrogens (tertiary/aromatic N) is 3. The summed E-state index contributed by atoms with van der Waals surface area (Å²) in [6, 6.07) is 15.0. The summed E-state index contributed by atoms with van der Waals surface area (Å²) in [6.45, 7) is 5.34. The first kappa shape index (κ1) is 16.4. The molecule has 1 heterocycles. The van der Waals surface area contributed by atoms with Crippen molar-refractivity contribution in [1.29, 1.82) is 0 Å². The van der Waals surface area contributed by atoms with Gasteiger partial charge in [0.15, 0.2) is 0 Å². The zero-order valence-corrected chi connectivity index (χ0v) is 14.3. The van der Waals surface area contributed by atoms with Gasteiger partial charge in [0.1, 0.15) is 4.99 Å². The van der Waals surface area contributed by atoms with Gasteiger partial charge in [-0.15, -0.1) is 0 Å². The summed E-state index contributed by atoms with van der Waals surface area (Å²) in [4.78, 5) is 15.8. The van der Waals surface area contributed by atoms with E-state index in [1.165, 1.54) is 17.3 Å². The molecule has 0 bridgehead atoms. The van der Waals surface area contributed by atoms with Gasteiger partial charge in [0.25, 0.3) is 5.69 Å². The summed E-state index contributed by atoms with van der Waals surface area (Å²) in [6.07, 6.45) is 0. The molecular weight excluding hydrogens is 322 g/mol. The van der Waals surface area contributed by atoms with Crippen LogP contribution in [0.3, 0.4) is 0 Å². The van der Waals surface area contributed by atoms with Crippen molar-refractivity contribution < 1.29 is 4.92 Å². The number of hydrogen-bond acceptors (Lipinski definition) is 4. The van der Waals surface area contributed by atoms with Crippen molar-refractivity contribution >= 4 is 28.6 Å². The van der Waals surface area contributed by atoms with E-state index in [1.54, 1.807) is 18.2 Å². The summed E-state index contributed by atoms with van der Waals surface area (Å²) in [7, 11) is 0. The van der Waals surface area contributed by atoms with E-state index in [-0.39, 0.29) is 10.6 Å². The Balaban J connectivity index is 1.72. The molecule has 0 radical (unpaired) electrons. The highest BCUT2D eigenvalue weighted by Gasteiger charge is 2.24. The standard InChI is InChI=1S/C18H19N3O2S/c1-14-6-2-4-8-16(14)19-10-12-20(13-11-19)18(24)15-7-3-5-9-17(15)21(22)23/h2-9H,10-13H2,1H3. The summed E-state index contributed by atoms with van der Waals surface area (Å²) in [5.74, 6) is 0. The number of para-hydroxylation sites is 2. The minimum absolute atomic E-state index is 0.0730. The number of aryl methyl sites for hydroxylation is 1. The Kier molecular flexibility index (Phi) is 4.76. The fourth-order valence-corrected chi connectivity index (χ4v) is 3.41. The van der Waals surface area contributed by atoms with E-state index in [0.717, 1.165) is 26.2 Å². The zero-order chi connectivity index (χ0) is 17.1. The second-order valence-electron chi connectivity index (χ2n) is 5.84. The van der Waals surface area contributed by atoms with Gasteiger partial charge in [0.05, 0.1) is 10.5 Å². The molecule has 1 aliphatic heterocycles. The van der Waals surface area contributed by atoms with Gasteiger partial charge in [-0.2, -0.15) is 0 Å². The Morgan fingerprint density at radius 3 is 2.33 bits per heavy atom. The summed E-state index contributed by atoms with van der Waals surface area (Å²) in [5.41, 5.74) is 3.10. The molecule has 1 aliphatic rings. The van der Waals surface area contributed by atoms with Crippen LogP contribution in [0, 0.1) is 17.0 Å². The van der Waals surface area contributed by atoms with E-state index in [0.29, 0.717) is 10.6 Å². The molecule has 0 aromatic heterocycles. The van der Waals surface area contributed by atoms with Crippen LogP contribution in [0.5, 0.6) is 0 Å². The monoisotopic (exact) mass is 341 g/mol. The lowest BCUT2D eigenvalue weighted by Gasteiger charge is -2.38. The SMILES string of the molecule is Cc1ccccc1N1CCN(C(=S)c2ccccc2[N+](=O)[O-])CC1. The predicted octanol–water partition coefficient (Wildman–Crippen LogP) is 3.40. The van der Waals surface area contributed by atoms with Crippen LogP contribution in [0.4, 0.5) is 11.4 Å². The topological polar surface area (TPSA) is 49.6 Å². The molecule has 2 aromatic rings. The van der Waals surface area contributed by atoms with Crippen molar-refractivity contribution in [3.63, 3.8) is 0 Å². The Hall–Kier alpha value is -2.47. The maximum atomic E-state index is 11.2. The van der Waals surface area contributed by atoms with Gasteiger partial charge in [-0.25, -0.2) is 0 Å². The third kappa shape index (κ3) is 3.23. The van der Waals surface area contributed by atoms with E-state index >= 15 is 0 Å². The number of thiocarbonyl (C=S) groups is 1. The predicted molar refractivity (Wildman–Crippen MR) is 99.8 cm³/mol. The molecular formula is C18H19N3O2S. The largest absolute Gasteiger partial charge is 0.368 e. The molecule has 2 aromatic carbocycles. The number of nitro benzene ring substituents is 1. The third-order valence-electron chi connectivity index (χ3n) is 4.35. The Morgan fingerprint density at radius 2 is 1.67 bits per heavy atom. The Bertz CT molecular complexity index is 770. The quantitative estimate of drug-likeness (QED) is 0.486. The van der Waals surface area contributed by atoms with Crippen LogP contribution < -0.4 is 4.90 Å². The number of piperazine rings is 1. The molecule has 6 heteroatoms. The van der Waals surface area contributed by atoms with Gasteiger partial charge in [0, 0.05) is 37.9 Å². The van der Waals surface area contributed by atoms with Gasteiger partial charge < -0.3 is 9.80 Å². The highest BCUT2D eigenvalue weighted by Crippen LogP contribution is 2.24. The first-order valence-corrected chi connectivity index (χ1v) is 8.32. The number of nitro groups is 1. The average Bonchev–Trinajstić information content (AvgIpc) is 2.62. The molecule has 0 saturated carbocycles. The van der Waals surface area contributed by atoms with E-state index in [1.807, 2.05) is 12.1 Å². The molecule has 1 fully saturated rings. The third-order valence-corrected chi connectivity index (χ3v) is 4.83. The minimum atomic E-state index is -0.370. The fourth-order valence-electron chi connectivity index (χ4n) is 3.05. The maximum Gasteiger partial charge on any atom is 0.279 e. The lowest BCUT2D eigenvalue weighted by Crippen LogP contribution is -2.48. The van der Waals surface area contributed by atoms with Gasteiger partial charge in [-0.1, -0.05) is 42.5 Å². The molecule has 0 atom stereocenters. The van der Waals surface area contributed by atoms with Gasteiger partial charge in [-0.05, 0) is 24.6 Å². The molecule has 0 unspecified atom stereocenters. The molecule has 1 saturated heterocycles. The van der Waals surface area contributed by atoms with Crippen molar-refractivity contribution in [1.82, 2.24) is 4.90 Å².